The highest BCUT2D eigenvalue weighted by Crippen LogP contribution is 2.37. The fraction of sp³-hybridized carbons (Fsp3) is 0.263. The third kappa shape index (κ3) is 4.13. The Morgan fingerprint density at radius 3 is 2.56 bits per heavy atom. The van der Waals surface area contributed by atoms with Gasteiger partial charge in [0.15, 0.2) is 11.6 Å². The molecule has 2 aromatic carbocycles. The van der Waals surface area contributed by atoms with Gasteiger partial charge in [-0.2, -0.15) is 0 Å². The van der Waals surface area contributed by atoms with Gasteiger partial charge in [-0.05, 0) is 59.3 Å². The number of benzene rings is 2. The first-order chi connectivity index (χ1) is 12.7. The molecule has 1 aliphatic heterocycles. The van der Waals surface area contributed by atoms with E-state index in [2.05, 4.69) is 11.9 Å². The third-order valence-corrected chi connectivity index (χ3v) is 5.13. The molecule has 1 heterocycles. The minimum atomic E-state index is -1.29. The Labute approximate surface area is 168 Å². The monoisotopic (exact) mass is 490 g/mol. The van der Waals surface area contributed by atoms with E-state index in [0.717, 1.165) is 6.07 Å². The Morgan fingerprint density at radius 1 is 1.22 bits per heavy atom. The predicted molar refractivity (Wildman–Crippen MR) is 105 cm³/mol. The zero-order chi connectivity index (χ0) is 19.8. The minimum absolute atomic E-state index is 0.0415. The number of aliphatic hydroxyl groups is 2. The summed E-state index contributed by atoms with van der Waals surface area (Å²) in [5.41, 5.74) is -1.34. The maximum Gasteiger partial charge on any atom is 0.182 e. The van der Waals surface area contributed by atoms with E-state index in [9.17, 15) is 23.4 Å². The molecule has 144 valence electrons. The highest BCUT2D eigenvalue weighted by atomic mass is 127. The second-order valence-corrected chi connectivity index (χ2v) is 7.82. The van der Waals surface area contributed by atoms with E-state index in [1.807, 2.05) is 22.6 Å². The molecule has 0 aromatic heterocycles. The normalized spacial score (nSPS) is 17.3. The second-order valence-electron chi connectivity index (χ2n) is 6.57. The van der Waals surface area contributed by atoms with Crippen molar-refractivity contribution in [1.29, 1.82) is 0 Å². The summed E-state index contributed by atoms with van der Waals surface area (Å²) in [4.78, 5) is 1.51. The molecule has 27 heavy (non-hydrogen) atoms. The van der Waals surface area contributed by atoms with E-state index < -0.39 is 29.3 Å². The Balaban J connectivity index is 1.90. The van der Waals surface area contributed by atoms with Crippen molar-refractivity contribution in [2.75, 3.05) is 18.4 Å². The molecule has 1 atom stereocenters. The van der Waals surface area contributed by atoms with Crippen molar-refractivity contribution < 1.29 is 23.4 Å². The molecule has 1 unspecified atom stereocenters. The van der Waals surface area contributed by atoms with Crippen LogP contribution in [-0.2, 0) is 0 Å². The van der Waals surface area contributed by atoms with Gasteiger partial charge in [0.2, 0.25) is 0 Å². The number of hydrogen-bond acceptors (Lipinski definition) is 4. The first-order valence-electron chi connectivity index (χ1n) is 8.19. The lowest BCUT2D eigenvalue weighted by Crippen LogP contribution is -2.62. The molecule has 4 nitrogen and oxygen atoms in total. The Kier molecular flexibility index (Phi) is 5.80. The van der Waals surface area contributed by atoms with Crippen molar-refractivity contribution in [3.8, 4) is 0 Å². The summed E-state index contributed by atoms with van der Waals surface area (Å²) in [5, 5.41) is 23.4. The lowest BCUT2D eigenvalue weighted by Gasteiger charge is -2.48. The van der Waals surface area contributed by atoms with E-state index in [1.165, 1.54) is 23.1 Å². The first-order valence-corrected chi connectivity index (χ1v) is 9.27. The van der Waals surface area contributed by atoms with Crippen LogP contribution in [0.3, 0.4) is 0 Å². The molecule has 0 amide bonds. The summed E-state index contributed by atoms with van der Waals surface area (Å²) >= 11 is 1.93. The molecule has 0 radical (unpaired) electrons. The first kappa shape index (κ1) is 20.1. The third-order valence-electron chi connectivity index (χ3n) is 4.46. The summed E-state index contributed by atoms with van der Waals surface area (Å²) in [6, 6.07) is 6.41. The van der Waals surface area contributed by atoms with Crippen LogP contribution in [0, 0.1) is 21.0 Å². The average molecular weight is 490 g/mol. The number of nitrogens with one attached hydrogen (secondary N) is 1. The largest absolute Gasteiger partial charge is 0.387 e. The summed E-state index contributed by atoms with van der Waals surface area (Å²) in [6.45, 7) is 3.87. The van der Waals surface area contributed by atoms with Gasteiger partial charge in [0.25, 0.3) is 0 Å². The molecule has 0 bridgehead atoms. The number of halogens is 4. The molecule has 0 spiro atoms. The summed E-state index contributed by atoms with van der Waals surface area (Å²) in [7, 11) is 0. The van der Waals surface area contributed by atoms with Crippen molar-refractivity contribution in [3.05, 3.63) is 69.6 Å². The minimum Gasteiger partial charge on any atom is -0.387 e. The number of anilines is 2. The van der Waals surface area contributed by atoms with Gasteiger partial charge in [0, 0.05) is 22.2 Å². The lowest BCUT2D eigenvalue weighted by molar-refractivity contribution is -0.160. The molecular formula is C19H18F3IN2O2. The van der Waals surface area contributed by atoms with E-state index in [4.69, 9.17) is 0 Å². The zero-order valence-corrected chi connectivity index (χ0v) is 16.4. The van der Waals surface area contributed by atoms with E-state index in [1.54, 1.807) is 12.1 Å². The molecule has 2 aromatic rings. The van der Waals surface area contributed by atoms with Crippen LogP contribution >= 0.6 is 22.6 Å². The zero-order valence-electron chi connectivity index (χ0n) is 14.2. The van der Waals surface area contributed by atoms with E-state index in [-0.39, 0.29) is 30.0 Å². The number of β-amino-alcohol motifs (C(OH)–C–C–N with tert-alkyl or cyclic N) is 1. The standard InChI is InChI=1S/C19H18F3IN2O2/c1-2-7-19(27)9-25(10-19)18(26)12-4-5-13(20)16(22)17(12)24-15-6-3-11(23)8-14(15)21/h2-6,8,18,24,26-27H,1,7,9-10H2. The Bertz CT molecular complexity index is 872. The van der Waals surface area contributed by atoms with Crippen LogP contribution in [0.25, 0.3) is 0 Å². The second kappa shape index (κ2) is 7.78. The van der Waals surface area contributed by atoms with Crippen LogP contribution in [0.15, 0.2) is 43.0 Å². The fourth-order valence-corrected chi connectivity index (χ4v) is 3.56. The van der Waals surface area contributed by atoms with Crippen LogP contribution in [0.4, 0.5) is 24.5 Å². The van der Waals surface area contributed by atoms with Gasteiger partial charge in [0.05, 0.1) is 17.0 Å². The molecule has 8 heteroatoms. The van der Waals surface area contributed by atoms with Crippen LogP contribution in [0.1, 0.15) is 18.2 Å². The summed E-state index contributed by atoms with van der Waals surface area (Å²) < 4.78 is 43.0. The molecular weight excluding hydrogens is 472 g/mol. The van der Waals surface area contributed by atoms with Crippen molar-refractivity contribution in [2.24, 2.45) is 0 Å². The molecule has 3 rings (SSSR count). The Hall–Kier alpha value is -1.62. The fourth-order valence-electron chi connectivity index (χ4n) is 3.11. The SMILES string of the molecule is C=CCC1(O)CN(C(O)c2ccc(F)c(F)c2Nc2ccc(I)cc2F)C1. The van der Waals surface area contributed by atoms with Gasteiger partial charge in [-0.1, -0.05) is 6.08 Å². The number of aliphatic hydroxyl groups excluding tert-OH is 1. The van der Waals surface area contributed by atoms with Gasteiger partial charge in [0.1, 0.15) is 12.0 Å². The molecule has 3 N–H and O–H groups in total. The van der Waals surface area contributed by atoms with Gasteiger partial charge in [-0.15, -0.1) is 6.58 Å². The van der Waals surface area contributed by atoms with Gasteiger partial charge in [-0.3, -0.25) is 4.90 Å². The molecule has 0 aliphatic carbocycles. The van der Waals surface area contributed by atoms with Crippen molar-refractivity contribution in [3.63, 3.8) is 0 Å². The highest BCUT2D eigenvalue weighted by molar-refractivity contribution is 14.1. The lowest BCUT2D eigenvalue weighted by atomic mass is 9.89. The Morgan fingerprint density at radius 2 is 1.93 bits per heavy atom. The van der Waals surface area contributed by atoms with E-state index >= 15 is 0 Å². The van der Waals surface area contributed by atoms with Crippen molar-refractivity contribution >= 4 is 34.0 Å². The van der Waals surface area contributed by atoms with Crippen LogP contribution in [0.5, 0.6) is 0 Å². The van der Waals surface area contributed by atoms with Crippen LogP contribution in [-0.4, -0.2) is 33.8 Å². The van der Waals surface area contributed by atoms with Crippen molar-refractivity contribution in [2.45, 2.75) is 18.2 Å². The average Bonchev–Trinajstić information content (AvgIpc) is 2.58. The van der Waals surface area contributed by atoms with Crippen LogP contribution < -0.4 is 5.32 Å². The predicted octanol–water partition coefficient (Wildman–Crippen LogP) is 4.07. The maximum absolute atomic E-state index is 14.4. The van der Waals surface area contributed by atoms with Gasteiger partial charge < -0.3 is 15.5 Å². The summed E-state index contributed by atoms with van der Waals surface area (Å²) in [5.74, 6) is -2.96. The molecule has 1 aliphatic rings. The van der Waals surface area contributed by atoms with Crippen LogP contribution in [0.2, 0.25) is 0 Å². The van der Waals surface area contributed by atoms with Gasteiger partial charge in [-0.25, -0.2) is 13.2 Å². The van der Waals surface area contributed by atoms with Crippen molar-refractivity contribution in [1.82, 2.24) is 4.90 Å². The highest BCUT2D eigenvalue weighted by Gasteiger charge is 2.43. The number of nitrogens with zero attached hydrogens (tertiary/aromatic N) is 1. The number of rotatable bonds is 6. The molecule has 1 fully saturated rings. The quantitative estimate of drug-likeness (QED) is 0.423. The van der Waals surface area contributed by atoms with Gasteiger partial charge >= 0.3 is 0 Å². The molecule has 1 saturated heterocycles. The molecule has 0 saturated carbocycles. The van der Waals surface area contributed by atoms with E-state index in [0.29, 0.717) is 9.99 Å². The summed E-state index contributed by atoms with van der Waals surface area (Å²) in [6.07, 6.45) is 0.639. The smallest absolute Gasteiger partial charge is 0.182 e. The number of likely N-dealkylation sites (tertiary alicyclic amines) is 1. The number of hydrogen-bond donors (Lipinski definition) is 3. The topological polar surface area (TPSA) is 55.7 Å². The maximum atomic E-state index is 14.4.